The van der Waals surface area contributed by atoms with Crippen LogP contribution in [0.5, 0.6) is 0 Å². The van der Waals surface area contributed by atoms with E-state index in [0.717, 1.165) is 16.9 Å². The number of carbonyl (C=O) groups excluding carboxylic acids is 1. The molecule has 0 saturated carbocycles. The minimum atomic E-state index is -0.139. The number of halogens is 1. The number of nitrogens with zero attached hydrogens (tertiary/aromatic N) is 4. The molecule has 1 N–H and O–H groups in total. The fraction of sp³-hybridized carbons (Fsp3) is 0.250. The van der Waals surface area contributed by atoms with Crippen LogP contribution in [0.15, 0.2) is 59.0 Å². The number of nitrogens with one attached hydrogen (secondary N) is 1. The molecule has 1 amide bonds. The highest BCUT2D eigenvalue weighted by Crippen LogP contribution is 2.26. The Morgan fingerprint density at radius 1 is 1.12 bits per heavy atom. The van der Waals surface area contributed by atoms with Gasteiger partial charge in [-0.05, 0) is 54.3 Å². The molecule has 0 spiro atoms. The largest absolute Gasteiger partial charge is 0.420 e. The highest BCUT2D eigenvalue weighted by molar-refractivity contribution is 6.30. The number of amides is 1. The van der Waals surface area contributed by atoms with E-state index in [1.165, 1.54) is 0 Å². The van der Waals surface area contributed by atoms with E-state index in [0.29, 0.717) is 41.0 Å². The quantitative estimate of drug-likeness (QED) is 0.430. The van der Waals surface area contributed by atoms with Gasteiger partial charge in [0, 0.05) is 29.7 Å². The van der Waals surface area contributed by atoms with Crippen molar-refractivity contribution >= 4 is 17.5 Å². The van der Waals surface area contributed by atoms with Crippen LogP contribution in [0.1, 0.15) is 47.3 Å². The Kier molecular flexibility index (Phi) is 6.37. The first-order valence-corrected chi connectivity index (χ1v) is 10.8. The van der Waals surface area contributed by atoms with E-state index in [-0.39, 0.29) is 11.8 Å². The van der Waals surface area contributed by atoms with E-state index in [1.54, 1.807) is 13.0 Å². The van der Waals surface area contributed by atoms with Crippen molar-refractivity contribution in [2.24, 2.45) is 0 Å². The molecular formula is C24H24ClN5O2. The van der Waals surface area contributed by atoms with Gasteiger partial charge in [0.1, 0.15) is 5.69 Å². The minimum Gasteiger partial charge on any atom is -0.420 e. The minimum absolute atomic E-state index is 0.139. The number of hydrogen-bond acceptors (Lipinski definition) is 5. The zero-order chi connectivity index (χ0) is 22.7. The average molecular weight is 450 g/mol. The molecule has 8 heteroatoms. The van der Waals surface area contributed by atoms with Crippen LogP contribution in [0, 0.1) is 6.92 Å². The van der Waals surface area contributed by atoms with Crippen LogP contribution in [-0.4, -0.2) is 32.4 Å². The molecule has 0 aliphatic heterocycles. The van der Waals surface area contributed by atoms with Gasteiger partial charge in [-0.15, -0.1) is 10.2 Å². The van der Waals surface area contributed by atoms with E-state index >= 15 is 0 Å². The molecule has 164 valence electrons. The maximum Gasteiger partial charge on any atom is 0.268 e. The van der Waals surface area contributed by atoms with Gasteiger partial charge in [-0.2, -0.15) is 5.10 Å². The Morgan fingerprint density at radius 2 is 1.94 bits per heavy atom. The number of benzene rings is 2. The molecule has 4 aromatic rings. The Balaban J connectivity index is 1.53. The van der Waals surface area contributed by atoms with Crippen molar-refractivity contribution in [3.63, 3.8) is 0 Å². The van der Waals surface area contributed by atoms with Gasteiger partial charge in [0.25, 0.3) is 11.8 Å². The molecule has 0 unspecified atom stereocenters. The Labute approximate surface area is 191 Å². The second-order valence-electron chi connectivity index (χ2n) is 7.83. The summed E-state index contributed by atoms with van der Waals surface area (Å²) in [5.74, 6) is 0.922. The van der Waals surface area contributed by atoms with Crippen LogP contribution in [0.25, 0.3) is 17.3 Å². The molecule has 0 fully saturated rings. The molecule has 0 aliphatic rings. The van der Waals surface area contributed by atoms with Gasteiger partial charge in [0.05, 0.1) is 5.69 Å². The summed E-state index contributed by atoms with van der Waals surface area (Å²) in [4.78, 5) is 12.7. The lowest BCUT2D eigenvalue weighted by molar-refractivity contribution is 0.0954. The van der Waals surface area contributed by atoms with Gasteiger partial charge in [-0.3, -0.25) is 4.79 Å². The van der Waals surface area contributed by atoms with Crippen molar-refractivity contribution in [3.05, 3.63) is 82.3 Å². The number of aryl methyl sites for hydroxylation is 1. The van der Waals surface area contributed by atoms with Gasteiger partial charge in [0.15, 0.2) is 0 Å². The molecule has 32 heavy (non-hydrogen) atoms. The predicted molar refractivity (Wildman–Crippen MR) is 123 cm³/mol. The normalized spacial score (nSPS) is 11.2. The van der Waals surface area contributed by atoms with Crippen molar-refractivity contribution < 1.29 is 9.21 Å². The van der Waals surface area contributed by atoms with Crippen LogP contribution in [-0.2, 0) is 6.42 Å². The van der Waals surface area contributed by atoms with Crippen molar-refractivity contribution in [2.45, 2.75) is 33.1 Å². The fourth-order valence-electron chi connectivity index (χ4n) is 3.41. The summed E-state index contributed by atoms with van der Waals surface area (Å²) in [6.07, 6.45) is 0.704. The van der Waals surface area contributed by atoms with Gasteiger partial charge in [-0.25, -0.2) is 4.68 Å². The molecule has 2 aromatic heterocycles. The van der Waals surface area contributed by atoms with E-state index in [2.05, 4.69) is 34.5 Å². The molecule has 7 nitrogen and oxygen atoms in total. The number of hydrogen-bond donors (Lipinski definition) is 1. The molecule has 0 atom stereocenters. The maximum absolute atomic E-state index is 12.7. The molecule has 0 radical (unpaired) electrons. The van der Waals surface area contributed by atoms with E-state index in [4.69, 9.17) is 16.0 Å². The van der Waals surface area contributed by atoms with Crippen LogP contribution in [0.2, 0.25) is 5.02 Å². The van der Waals surface area contributed by atoms with Crippen LogP contribution >= 0.6 is 11.6 Å². The predicted octanol–water partition coefficient (Wildman–Crippen LogP) is 4.98. The van der Waals surface area contributed by atoms with Crippen LogP contribution in [0.3, 0.4) is 0 Å². The van der Waals surface area contributed by atoms with E-state index in [1.807, 2.05) is 53.2 Å². The van der Waals surface area contributed by atoms with Gasteiger partial charge in [-0.1, -0.05) is 43.6 Å². The lowest BCUT2D eigenvalue weighted by Gasteiger charge is -2.11. The summed E-state index contributed by atoms with van der Waals surface area (Å²) >= 11 is 6.03. The topological polar surface area (TPSA) is 85.8 Å². The van der Waals surface area contributed by atoms with Crippen molar-refractivity contribution in [1.29, 1.82) is 0 Å². The van der Waals surface area contributed by atoms with Gasteiger partial charge < -0.3 is 9.73 Å². The summed E-state index contributed by atoms with van der Waals surface area (Å²) in [5.41, 5.74) is 4.01. The smallest absolute Gasteiger partial charge is 0.268 e. The monoisotopic (exact) mass is 449 g/mol. The number of aromatic nitrogens is 4. The molecule has 2 aromatic carbocycles. The third kappa shape index (κ3) is 4.89. The SMILES string of the molecule is Cc1nnc(-c2cc(C(C)C)n(-c3cccc(C(=O)NCCc4cccc(Cl)c4)c3)n2)o1. The molecule has 0 saturated heterocycles. The van der Waals surface area contributed by atoms with Crippen molar-refractivity contribution in [1.82, 2.24) is 25.3 Å². The Hall–Kier alpha value is -3.45. The lowest BCUT2D eigenvalue weighted by atomic mass is 10.1. The standard InChI is InChI=1S/C24H24ClN5O2/c1-15(2)22-14-21(24-28-27-16(3)32-24)29-30(22)20-9-5-7-18(13-20)23(31)26-11-10-17-6-4-8-19(25)12-17/h4-9,12-15H,10-11H2,1-3H3,(H,26,31). The second kappa shape index (κ2) is 9.36. The Bertz CT molecular complexity index is 1240. The zero-order valence-electron chi connectivity index (χ0n) is 18.2. The summed E-state index contributed by atoms with van der Waals surface area (Å²) < 4.78 is 7.35. The molecule has 2 heterocycles. The summed E-state index contributed by atoms with van der Waals surface area (Å²) in [6.45, 7) is 6.43. The molecule has 0 bridgehead atoms. The average Bonchev–Trinajstić information content (AvgIpc) is 3.40. The van der Waals surface area contributed by atoms with Gasteiger partial charge >= 0.3 is 0 Å². The van der Waals surface area contributed by atoms with Crippen molar-refractivity contribution in [3.8, 4) is 17.3 Å². The fourth-order valence-corrected chi connectivity index (χ4v) is 3.62. The zero-order valence-corrected chi connectivity index (χ0v) is 18.9. The summed E-state index contributed by atoms with van der Waals surface area (Å²) in [5, 5.41) is 16.3. The Morgan fingerprint density at radius 3 is 2.66 bits per heavy atom. The number of rotatable bonds is 7. The highest BCUT2D eigenvalue weighted by atomic mass is 35.5. The summed E-state index contributed by atoms with van der Waals surface area (Å²) in [7, 11) is 0. The van der Waals surface area contributed by atoms with Gasteiger partial charge in [0.2, 0.25) is 5.89 Å². The molecule has 0 aliphatic carbocycles. The lowest BCUT2D eigenvalue weighted by Crippen LogP contribution is -2.25. The maximum atomic E-state index is 12.7. The first-order valence-electron chi connectivity index (χ1n) is 10.4. The third-order valence-electron chi connectivity index (χ3n) is 5.01. The van der Waals surface area contributed by atoms with E-state index < -0.39 is 0 Å². The van der Waals surface area contributed by atoms with Crippen LogP contribution in [0.4, 0.5) is 0 Å². The first-order chi connectivity index (χ1) is 15.4. The number of carbonyl (C=O) groups is 1. The first kappa shape index (κ1) is 21.8. The highest BCUT2D eigenvalue weighted by Gasteiger charge is 2.18. The van der Waals surface area contributed by atoms with Crippen molar-refractivity contribution in [2.75, 3.05) is 6.54 Å². The molecule has 4 rings (SSSR count). The second-order valence-corrected chi connectivity index (χ2v) is 8.27. The van der Waals surface area contributed by atoms with Crippen LogP contribution < -0.4 is 5.32 Å². The third-order valence-corrected chi connectivity index (χ3v) is 5.25. The van der Waals surface area contributed by atoms with E-state index in [9.17, 15) is 4.79 Å². The summed E-state index contributed by atoms with van der Waals surface area (Å²) in [6, 6.07) is 17.0. The molecular weight excluding hydrogens is 426 g/mol.